The van der Waals surface area contributed by atoms with Crippen LogP contribution in [0.25, 0.3) is 0 Å². The molecule has 106 valence electrons. The van der Waals surface area contributed by atoms with E-state index in [1.54, 1.807) is 0 Å². The van der Waals surface area contributed by atoms with E-state index in [1.807, 2.05) is 0 Å². The molecule has 1 heterocycles. The first-order valence-corrected chi connectivity index (χ1v) is 7.68. The topological polar surface area (TPSA) is 28.2 Å². The fourth-order valence-electron chi connectivity index (χ4n) is 2.34. The number of pyridine rings is 1. The molecular weight excluding hydrogens is 234 g/mol. The third kappa shape index (κ3) is 4.20. The predicted molar refractivity (Wildman–Crippen MR) is 81.6 cm³/mol. The van der Waals surface area contributed by atoms with Crippen LogP contribution in [0.3, 0.4) is 0 Å². The second-order valence-corrected chi connectivity index (χ2v) is 5.54. The monoisotopic (exact) mass is 261 g/mol. The molecule has 1 aromatic rings. The van der Waals surface area contributed by atoms with E-state index in [9.17, 15) is 0 Å². The first kappa shape index (κ1) is 14.3. The molecule has 1 aliphatic carbocycles. The van der Waals surface area contributed by atoms with Gasteiger partial charge in [0.15, 0.2) is 0 Å². The highest BCUT2D eigenvalue weighted by Gasteiger charge is 2.21. The van der Waals surface area contributed by atoms with Crippen molar-refractivity contribution in [1.82, 2.24) is 10.3 Å². The molecular formula is C16H27N3. The molecule has 0 unspecified atom stereocenters. The van der Waals surface area contributed by atoms with Gasteiger partial charge in [0.05, 0.1) is 0 Å². The zero-order chi connectivity index (χ0) is 13.7. The van der Waals surface area contributed by atoms with Crippen molar-refractivity contribution < 1.29 is 0 Å². The number of aryl methyl sites for hydroxylation is 1. The van der Waals surface area contributed by atoms with Crippen LogP contribution >= 0.6 is 0 Å². The quantitative estimate of drug-likeness (QED) is 0.778. The molecule has 0 saturated heterocycles. The molecule has 1 fully saturated rings. The van der Waals surface area contributed by atoms with Gasteiger partial charge in [-0.05, 0) is 39.2 Å². The smallest absolute Gasteiger partial charge is 0.0445 e. The molecule has 3 heteroatoms. The molecule has 0 spiro atoms. The first-order valence-electron chi connectivity index (χ1n) is 7.68. The Labute approximate surface area is 117 Å². The van der Waals surface area contributed by atoms with Crippen molar-refractivity contribution in [3.8, 4) is 0 Å². The summed E-state index contributed by atoms with van der Waals surface area (Å²) in [4.78, 5) is 6.96. The van der Waals surface area contributed by atoms with Crippen molar-refractivity contribution in [2.45, 2.75) is 59.0 Å². The molecule has 0 radical (unpaired) electrons. The number of nitrogens with zero attached hydrogens (tertiary/aromatic N) is 2. The highest BCUT2D eigenvalue weighted by Crippen LogP contribution is 2.24. The van der Waals surface area contributed by atoms with Crippen LogP contribution in [0.15, 0.2) is 12.3 Å². The zero-order valence-electron chi connectivity index (χ0n) is 12.6. The van der Waals surface area contributed by atoms with Gasteiger partial charge in [0.1, 0.15) is 0 Å². The molecule has 0 aliphatic heterocycles. The molecule has 1 N–H and O–H groups in total. The Hall–Kier alpha value is -1.09. The lowest BCUT2D eigenvalue weighted by atomic mass is 10.1. The van der Waals surface area contributed by atoms with Gasteiger partial charge in [0.25, 0.3) is 0 Å². The predicted octanol–water partition coefficient (Wildman–Crippen LogP) is 3.27. The molecule has 1 aliphatic rings. The van der Waals surface area contributed by atoms with Crippen LogP contribution in [0.1, 0.15) is 50.8 Å². The van der Waals surface area contributed by atoms with Gasteiger partial charge < -0.3 is 10.2 Å². The number of hydrogen-bond acceptors (Lipinski definition) is 3. The Bertz CT molecular complexity index is 399. The maximum Gasteiger partial charge on any atom is 0.0445 e. The summed E-state index contributed by atoms with van der Waals surface area (Å²) in [7, 11) is 0. The van der Waals surface area contributed by atoms with Gasteiger partial charge in [-0.15, -0.1) is 0 Å². The van der Waals surface area contributed by atoms with E-state index in [4.69, 9.17) is 0 Å². The highest BCUT2D eigenvalue weighted by atomic mass is 15.1. The summed E-state index contributed by atoms with van der Waals surface area (Å²) in [5, 5.41) is 3.60. The Morgan fingerprint density at radius 2 is 2.16 bits per heavy atom. The first-order chi connectivity index (χ1) is 9.24. The summed E-state index contributed by atoms with van der Waals surface area (Å²) in [5.74, 6) is 0. The van der Waals surface area contributed by atoms with Gasteiger partial charge in [-0.1, -0.05) is 13.3 Å². The van der Waals surface area contributed by atoms with Crippen LogP contribution in [-0.2, 0) is 6.54 Å². The largest absolute Gasteiger partial charge is 0.371 e. The maximum absolute atomic E-state index is 4.47. The number of unbranched alkanes of at least 4 members (excludes halogenated alkanes) is 1. The number of hydrogen-bond donors (Lipinski definition) is 1. The summed E-state index contributed by atoms with van der Waals surface area (Å²) < 4.78 is 0. The SMILES string of the molecule is CCCCN(CC)c1cc(C)ncc1CNC1CC1. The minimum Gasteiger partial charge on any atom is -0.371 e. The summed E-state index contributed by atoms with van der Waals surface area (Å²) in [6.07, 6.45) is 7.22. The van der Waals surface area contributed by atoms with E-state index in [1.165, 1.54) is 36.9 Å². The van der Waals surface area contributed by atoms with E-state index in [0.717, 1.165) is 31.4 Å². The van der Waals surface area contributed by atoms with Crippen molar-refractivity contribution in [3.05, 3.63) is 23.5 Å². The standard InChI is InChI=1S/C16H27N3/c1-4-6-9-19(5-2)16-10-13(3)17-11-14(16)12-18-15-7-8-15/h10-11,15,18H,4-9,12H2,1-3H3. The van der Waals surface area contributed by atoms with Crippen LogP contribution in [0.5, 0.6) is 0 Å². The minimum atomic E-state index is 0.750. The van der Waals surface area contributed by atoms with E-state index in [0.29, 0.717) is 0 Å². The van der Waals surface area contributed by atoms with Crippen molar-refractivity contribution in [3.63, 3.8) is 0 Å². The summed E-state index contributed by atoms with van der Waals surface area (Å²) in [5.41, 5.74) is 3.83. The Balaban J connectivity index is 2.10. The Morgan fingerprint density at radius 3 is 2.79 bits per heavy atom. The lowest BCUT2D eigenvalue weighted by Crippen LogP contribution is -2.27. The van der Waals surface area contributed by atoms with Crippen molar-refractivity contribution >= 4 is 5.69 Å². The van der Waals surface area contributed by atoms with Crippen molar-refractivity contribution in [1.29, 1.82) is 0 Å². The second kappa shape index (κ2) is 6.90. The third-order valence-corrected chi connectivity index (χ3v) is 3.76. The lowest BCUT2D eigenvalue weighted by molar-refractivity contribution is 0.675. The van der Waals surface area contributed by atoms with Gasteiger partial charge in [-0.25, -0.2) is 0 Å². The molecule has 0 amide bonds. The third-order valence-electron chi connectivity index (χ3n) is 3.76. The number of nitrogens with one attached hydrogen (secondary N) is 1. The van der Waals surface area contributed by atoms with Crippen LogP contribution in [0, 0.1) is 6.92 Å². The molecule has 0 bridgehead atoms. The molecule has 3 nitrogen and oxygen atoms in total. The normalized spacial score (nSPS) is 14.7. The van der Waals surface area contributed by atoms with Crippen molar-refractivity contribution in [2.24, 2.45) is 0 Å². The summed E-state index contributed by atoms with van der Waals surface area (Å²) >= 11 is 0. The number of aromatic nitrogens is 1. The lowest BCUT2D eigenvalue weighted by Gasteiger charge is -2.26. The van der Waals surface area contributed by atoms with E-state index in [2.05, 4.69) is 48.2 Å². The van der Waals surface area contributed by atoms with E-state index in [-0.39, 0.29) is 0 Å². The van der Waals surface area contributed by atoms with Gasteiger partial charge in [0.2, 0.25) is 0 Å². The van der Waals surface area contributed by atoms with Gasteiger partial charge >= 0.3 is 0 Å². The summed E-state index contributed by atoms with van der Waals surface area (Å²) in [6, 6.07) is 2.99. The Kier molecular flexibility index (Phi) is 5.20. The van der Waals surface area contributed by atoms with E-state index < -0.39 is 0 Å². The van der Waals surface area contributed by atoms with Gasteiger partial charge in [-0.2, -0.15) is 0 Å². The molecule has 0 atom stereocenters. The average Bonchev–Trinajstić information content (AvgIpc) is 3.23. The van der Waals surface area contributed by atoms with Crippen LogP contribution in [0.2, 0.25) is 0 Å². The fraction of sp³-hybridized carbons (Fsp3) is 0.688. The van der Waals surface area contributed by atoms with Gasteiger partial charge in [-0.3, -0.25) is 4.98 Å². The Morgan fingerprint density at radius 1 is 1.37 bits per heavy atom. The van der Waals surface area contributed by atoms with E-state index >= 15 is 0 Å². The van der Waals surface area contributed by atoms with Crippen LogP contribution in [0.4, 0.5) is 5.69 Å². The molecule has 19 heavy (non-hydrogen) atoms. The number of anilines is 1. The molecule has 1 saturated carbocycles. The van der Waals surface area contributed by atoms with Crippen LogP contribution in [-0.4, -0.2) is 24.1 Å². The minimum absolute atomic E-state index is 0.750. The molecule has 1 aromatic heterocycles. The zero-order valence-corrected chi connectivity index (χ0v) is 12.6. The maximum atomic E-state index is 4.47. The van der Waals surface area contributed by atoms with Crippen molar-refractivity contribution in [2.75, 3.05) is 18.0 Å². The number of rotatable bonds is 8. The fourth-order valence-corrected chi connectivity index (χ4v) is 2.34. The average molecular weight is 261 g/mol. The van der Waals surface area contributed by atoms with Gasteiger partial charge in [0, 0.05) is 48.8 Å². The van der Waals surface area contributed by atoms with Crippen LogP contribution < -0.4 is 10.2 Å². The molecule has 0 aromatic carbocycles. The summed E-state index contributed by atoms with van der Waals surface area (Å²) in [6.45, 7) is 9.74. The second-order valence-electron chi connectivity index (χ2n) is 5.54. The molecule has 2 rings (SSSR count). The highest BCUT2D eigenvalue weighted by molar-refractivity contribution is 5.53.